The zero-order valence-electron chi connectivity index (χ0n) is 15.1. The van der Waals surface area contributed by atoms with Crippen LogP contribution in [-0.2, 0) is 22.6 Å². The van der Waals surface area contributed by atoms with E-state index < -0.39 is 5.97 Å². The predicted octanol–water partition coefficient (Wildman–Crippen LogP) is 4.14. The highest BCUT2D eigenvalue weighted by Gasteiger charge is 2.17. The van der Waals surface area contributed by atoms with Crippen molar-refractivity contribution in [3.05, 3.63) is 64.3 Å². The van der Waals surface area contributed by atoms with Gasteiger partial charge in [-0.25, -0.2) is 9.78 Å². The molecule has 1 amide bonds. The Bertz CT molecular complexity index is 1100. The Hall–Kier alpha value is -3.12. The second-order valence-electron chi connectivity index (χ2n) is 6.49. The fourth-order valence-corrected chi connectivity index (χ4v) is 3.33. The Labute approximate surface area is 166 Å². The molecule has 4 rings (SSSR count). The molecular formula is C21H17ClN2O4. The minimum atomic E-state index is -0.453. The van der Waals surface area contributed by atoms with Gasteiger partial charge in [-0.2, -0.15) is 0 Å². The number of aryl methyl sites for hydroxylation is 1. The maximum atomic E-state index is 12.4. The zero-order chi connectivity index (χ0) is 19.7. The number of nitrogens with one attached hydrogen (secondary N) is 1. The topological polar surface area (TPSA) is 77.5 Å². The van der Waals surface area contributed by atoms with Crippen LogP contribution in [0.25, 0.3) is 10.9 Å². The first kappa shape index (κ1) is 18.3. The van der Waals surface area contributed by atoms with E-state index in [1.807, 2.05) is 18.2 Å². The molecule has 1 aliphatic rings. The average Bonchev–Trinajstić information content (AvgIpc) is 2.71. The van der Waals surface area contributed by atoms with Crippen LogP contribution >= 0.6 is 11.6 Å². The van der Waals surface area contributed by atoms with Gasteiger partial charge in [-0.05, 0) is 48.4 Å². The van der Waals surface area contributed by atoms with Crippen LogP contribution in [0.4, 0.5) is 5.69 Å². The minimum absolute atomic E-state index is 0.0143. The third-order valence-electron chi connectivity index (χ3n) is 4.65. The van der Waals surface area contributed by atoms with E-state index in [9.17, 15) is 9.59 Å². The maximum Gasteiger partial charge on any atom is 0.338 e. The molecule has 0 radical (unpaired) electrons. The maximum absolute atomic E-state index is 12.4. The normalized spacial score (nSPS) is 13.0. The number of methoxy groups -OCH3 is 1. The summed E-state index contributed by atoms with van der Waals surface area (Å²) in [7, 11) is 1.59. The number of anilines is 1. The van der Waals surface area contributed by atoms with Gasteiger partial charge in [-0.1, -0.05) is 11.6 Å². The Kier molecular flexibility index (Phi) is 4.88. The van der Waals surface area contributed by atoms with E-state index in [1.165, 1.54) is 0 Å². The van der Waals surface area contributed by atoms with Crippen LogP contribution in [0.2, 0.25) is 5.15 Å². The number of halogens is 1. The molecule has 3 aromatic rings. The van der Waals surface area contributed by atoms with E-state index in [-0.39, 0.29) is 17.7 Å². The smallest absolute Gasteiger partial charge is 0.338 e. The SMILES string of the molecule is COc1ccc2cc(COC(=O)c3ccc4c(c3)CCC(=O)N4)c(Cl)nc2c1. The van der Waals surface area contributed by atoms with E-state index in [0.29, 0.717) is 35.2 Å². The number of benzene rings is 2. The summed E-state index contributed by atoms with van der Waals surface area (Å²) < 4.78 is 10.6. The molecule has 6 nitrogen and oxygen atoms in total. The van der Waals surface area contributed by atoms with Gasteiger partial charge in [0, 0.05) is 29.1 Å². The summed E-state index contributed by atoms with van der Waals surface area (Å²) in [4.78, 5) is 28.2. The number of hydrogen-bond donors (Lipinski definition) is 1. The molecule has 0 atom stereocenters. The molecule has 2 heterocycles. The Balaban J connectivity index is 1.50. The van der Waals surface area contributed by atoms with Crippen molar-refractivity contribution in [3.8, 4) is 5.75 Å². The van der Waals surface area contributed by atoms with E-state index in [1.54, 1.807) is 31.4 Å². The third kappa shape index (κ3) is 3.64. The lowest BCUT2D eigenvalue weighted by atomic mass is 10.0. The lowest BCUT2D eigenvalue weighted by Crippen LogP contribution is -2.19. The van der Waals surface area contributed by atoms with Crippen molar-refractivity contribution in [2.45, 2.75) is 19.4 Å². The monoisotopic (exact) mass is 396 g/mol. The highest BCUT2D eigenvalue weighted by atomic mass is 35.5. The van der Waals surface area contributed by atoms with Gasteiger partial charge in [-0.15, -0.1) is 0 Å². The highest BCUT2D eigenvalue weighted by molar-refractivity contribution is 6.30. The number of rotatable bonds is 4. The molecule has 0 saturated carbocycles. The molecule has 28 heavy (non-hydrogen) atoms. The first-order valence-corrected chi connectivity index (χ1v) is 9.14. The van der Waals surface area contributed by atoms with Crippen LogP contribution < -0.4 is 10.1 Å². The van der Waals surface area contributed by atoms with Gasteiger partial charge >= 0.3 is 5.97 Å². The van der Waals surface area contributed by atoms with Crippen LogP contribution in [0, 0.1) is 0 Å². The van der Waals surface area contributed by atoms with Gasteiger partial charge < -0.3 is 14.8 Å². The molecule has 0 fully saturated rings. The molecule has 142 valence electrons. The van der Waals surface area contributed by atoms with Gasteiger partial charge in [-0.3, -0.25) is 4.79 Å². The van der Waals surface area contributed by atoms with E-state index in [0.717, 1.165) is 16.6 Å². The number of pyridine rings is 1. The molecule has 1 N–H and O–H groups in total. The number of amides is 1. The molecule has 0 bridgehead atoms. The summed E-state index contributed by atoms with van der Waals surface area (Å²) in [5, 5.41) is 3.95. The zero-order valence-corrected chi connectivity index (χ0v) is 15.9. The Morgan fingerprint density at radius 1 is 1.18 bits per heavy atom. The van der Waals surface area contributed by atoms with Gasteiger partial charge in [0.1, 0.15) is 17.5 Å². The van der Waals surface area contributed by atoms with E-state index in [2.05, 4.69) is 10.3 Å². The number of carbonyl (C=O) groups is 2. The summed E-state index contributed by atoms with van der Waals surface area (Å²) in [6.07, 6.45) is 1.01. The number of nitrogens with zero attached hydrogens (tertiary/aromatic N) is 1. The van der Waals surface area contributed by atoms with Crippen LogP contribution in [0.15, 0.2) is 42.5 Å². The largest absolute Gasteiger partial charge is 0.497 e. The van der Waals surface area contributed by atoms with Gasteiger partial charge in [0.25, 0.3) is 0 Å². The second kappa shape index (κ2) is 7.48. The summed E-state index contributed by atoms with van der Waals surface area (Å²) in [6, 6.07) is 12.5. The molecule has 7 heteroatoms. The summed E-state index contributed by atoms with van der Waals surface area (Å²) in [6.45, 7) is 0.0143. The third-order valence-corrected chi connectivity index (χ3v) is 4.97. The first-order chi connectivity index (χ1) is 13.5. The van der Waals surface area contributed by atoms with Gasteiger partial charge in [0.15, 0.2) is 0 Å². The fraction of sp³-hybridized carbons (Fsp3) is 0.190. The van der Waals surface area contributed by atoms with Crippen molar-refractivity contribution in [2.24, 2.45) is 0 Å². The second-order valence-corrected chi connectivity index (χ2v) is 6.85. The number of fused-ring (bicyclic) bond motifs is 2. The Morgan fingerprint density at radius 2 is 2.04 bits per heavy atom. The van der Waals surface area contributed by atoms with Gasteiger partial charge in [0.05, 0.1) is 18.2 Å². The molecule has 0 aliphatic carbocycles. The van der Waals surface area contributed by atoms with E-state index in [4.69, 9.17) is 21.1 Å². The fourth-order valence-electron chi connectivity index (χ4n) is 3.13. The van der Waals surface area contributed by atoms with Crippen LogP contribution in [-0.4, -0.2) is 24.0 Å². The molecule has 1 aromatic heterocycles. The first-order valence-electron chi connectivity index (χ1n) is 8.76. The summed E-state index contributed by atoms with van der Waals surface area (Å²) in [5.74, 6) is 0.225. The molecular weight excluding hydrogens is 380 g/mol. The molecule has 1 aliphatic heterocycles. The summed E-state index contributed by atoms with van der Waals surface area (Å²) in [5.41, 5.74) is 3.43. The molecule has 0 spiro atoms. The standard InChI is InChI=1S/C21H17ClN2O4/c1-27-16-5-2-13-9-15(20(22)24-18(13)10-16)11-28-21(26)14-3-6-17-12(8-14)4-7-19(25)23-17/h2-3,5-6,8-10H,4,7,11H2,1H3,(H,23,25). The van der Waals surface area contributed by atoms with Crippen LogP contribution in [0.1, 0.15) is 27.9 Å². The van der Waals surface area contributed by atoms with Crippen molar-refractivity contribution in [1.82, 2.24) is 4.98 Å². The lowest BCUT2D eigenvalue weighted by Gasteiger charge is -2.17. The van der Waals surface area contributed by atoms with Crippen LogP contribution in [0.5, 0.6) is 5.75 Å². The van der Waals surface area contributed by atoms with Crippen molar-refractivity contribution in [3.63, 3.8) is 0 Å². The lowest BCUT2D eigenvalue weighted by molar-refractivity contribution is -0.116. The quantitative estimate of drug-likeness (QED) is 0.529. The molecule has 0 saturated heterocycles. The summed E-state index contributed by atoms with van der Waals surface area (Å²) >= 11 is 6.25. The van der Waals surface area contributed by atoms with Crippen molar-refractivity contribution in [2.75, 3.05) is 12.4 Å². The minimum Gasteiger partial charge on any atom is -0.497 e. The Morgan fingerprint density at radius 3 is 2.86 bits per heavy atom. The number of esters is 1. The number of carbonyl (C=O) groups excluding carboxylic acids is 2. The predicted molar refractivity (Wildman–Crippen MR) is 106 cm³/mol. The number of ether oxygens (including phenoxy) is 2. The molecule has 0 unspecified atom stereocenters. The van der Waals surface area contributed by atoms with Gasteiger partial charge in [0.2, 0.25) is 5.91 Å². The molecule has 2 aromatic carbocycles. The van der Waals surface area contributed by atoms with Crippen LogP contribution in [0.3, 0.4) is 0 Å². The number of aromatic nitrogens is 1. The number of hydrogen-bond acceptors (Lipinski definition) is 5. The van der Waals surface area contributed by atoms with Crippen molar-refractivity contribution >= 4 is 40.1 Å². The van der Waals surface area contributed by atoms with Crippen molar-refractivity contribution in [1.29, 1.82) is 0 Å². The van der Waals surface area contributed by atoms with E-state index >= 15 is 0 Å². The highest BCUT2D eigenvalue weighted by Crippen LogP contribution is 2.26. The van der Waals surface area contributed by atoms with Crippen molar-refractivity contribution < 1.29 is 19.1 Å². The average molecular weight is 397 g/mol.